The van der Waals surface area contributed by atoms with Gasteiger partial charge in [0.05, 0.1) is 18.2 Å². The molecule has 19 heavy (non-hydrogen) atoms. The van der Waals surface area contributed by atoms with Crippen molar-refractivity contribution in [3.8, 4) is 5.75 Å². The van der Waals surface area contributed by atoms with Gasteiger partial charge in [0, 0.05) is 25.4 Å². The number of hydrogen-bond donors (Lipinski definition) is 0. The van der Waals surface area contributed by atoms with Crippen molar-refractivity contribution in [1.29, 1.82) is 0 Å². The maximum absolute atomic E-state index is 11.8. The molecule has 1 unspecified atom stereocenters. The standard InChI is InChI=1S/C13H18BrNO4/c1-17-11-8-12(16)15(9-10(11)14)5-7-19-13-4-2-3-6-18-13/h8-9,13H,2-7H2,1H3. The van der Waals surface area contributed by atoms with Crippen molar-refractivity contribution < 1.29 is 14.2 Å². The summed E-state index contributed by atoms with van der Waals surface area (Å²) in [5.74, 6) is 0.540. The molecular formula is C13H18BrNO4. The molecule has 1 saturated heterocycles. The van der Waals surface area contributed by atoms with Crippen molar-refractivity contribution in [1.82, 2.24) is 4.57 Å². The van der Waals surface area contributed by atoms with E-state index in [4.69, 9.17) is 14.2 Å². The van der Waals surface area contributed by atoms with E-state index in [2.05, 4.69) is 15.9 Å². The number of aromatic nitrogens is 1. The molecule has 0 radical (unpaired) electrons. The monoisotopic (exact) mass is 331 g/mol. The number of methoxy groups -OCH3 is 1. The molecule has 1 aromatic rings. The molecule has 106 valence electrons. The highest BCUT2D eigenvalue weighted by atomic mass is 79.9. The van der Waals surface area contributed by atoms with Gasteiger partial charge in [-0.2, -0.15) is 0 Å². The van der Waals surface area contributed by atoms with Crippen LogP contribution < -0.4 is 10.3 Å². The summed E-state index contributed by atoms with van der Waals surface area (Å²) in [5, 5.41) is 0. The second-order valence-electron chi connectivity index (χ2n) is 4.39. The minimum atomic E-state index is -0.119. The Morgan fingerprint density at radius 3 is 3.05 bits per heavy atom. The van der Waals surface area contributed by atoms with E-state index in [1.165, 1.54) is 13.2 Å². The molecule has 0 spiro atoms. The number of pyridine rings is 1. The maximum Gasteiger partial charge on any atom is 0.254 e. The average molecular weight is 332 g/mol. The summed E-state index contributed by atoms with van der Waals surface area (Å²) in [6, 6.07) is 1.46. The van der Waals surface area contributed by atoms with E-state index in [0.29, 0.717) is 18.9 Å². The van der Waals surface area contributed by atoms with E-state index in [1.807, 2.05) is 0 Å². The molecule has 0 aromatic carbocycles. The topological polar surface area (TPSA) is 49.7 Å². The maximum atomic E-state index is 11.8. The molecule has 1 aliphatic rings. The van der Waals surface area contributed by atoms with Gasteiger partial charge in [-0.05, 0) is 35.2 Å². The van der Waals surface area contributed by atoms with Crippen molar-refractivity contribution in [3.63, 3.8) is 0 Å². The number of rotatable bonds is 5. The van der Waals surface area contributed by atoms with Crippen LogP contribution in [0.2, 0.25) is 0 Å². The number of hydrogen-bond acceptors (Lipinski definition) is 4. The Morgan fingerprint density at radius 2 is 2.37 bits per heavy atom. The molecule has 0 aliphatic carbocycles. The van der Waals surface area contributed by atoms with Gasteiger partial charge in [-0.1, -0.05) is 0 Å². The van der Waals surface area contributed by atoms with Crippen LogP contribution in [0.3, 0.4) is 0 Å². The van der Waals surface area contributed by atoms with Crippen molar-refractivity contribution in [2.45, 2.75) is 32.1 Å². The summed E-state index contributed by atoms with van der Waals surface area (Å²) >= 11 is 3.36. The Bertz CT molecular complexity index is 468. The molecule has 1 aromatic heterocycles. The molecule has 0 saturated carbocycles. The van der Waals surface area contributed by atoms with Crippen molar-refractivity contribution in [2.24, 2.45) is 0 Å². The highest BCUT2D eigenvalue weighted by molar-refractivity contribution is 9.10. The Morgan fingerprint density at radius 1 is 1.53 bits per heavy atom. The highest BCUT2D eigenvalue weighted by Gasteiger charge is 2.13. The van der Waals surface area contributed by atoms with Crippen molar-refractivity contribution in [2.75, 3.05) is 20.3 Å². The summed E-state index contributed by atoms with van der Waals surface area (Å²) in [5.41, 5.74) is -0.104. The van der Waals surface area contributed by atoms with Gasteiger partial charge in [-0.25, -0.2) is 0 Å². The SMILES string of the molecule is COc1cc(=O)n(CCOC2CCCCO2)cc1Br. The third kappa shape index (κ3) is 4.06. The zero-order valence-electron chi connectivity index (χ0n) is 10.9. The van der Waals surface area contributed by atoms with E-state index < -0.39 is 0 Å². The summed E-state index contributed by atoms with van der Waals surface area (Å²) in [4.78, 5) is 11.8. The van der Waals surface area contributed by atoms with Gasteiger partial charge < -0.3 is 18.8 Å². The fraction of sp³-hybridized carbons (Fsp3) is 0.615. The smallest absolute Gasteiger partial charge is 0.254 e. The molecule has 6 heteroatoms. The van der Waals surface area contributed by atoms with Crippen LogP contribution in [0.4, 0.5) is 0 Å². The average Bonchev–Trinajstić information content (AvgIpc) is 2.43. The van der Waals surface area contributed by atoms with Crippen LogP contribution in [0.15, 0.2) is 21.5 Å². The highest BCUT2D eigenvalue weighted by Crippen LogP contribution is 2.21. The van der Waals surface area contributed by atoms with Gasteiger partial charge in [-0.3, -0.25) is 4.79 Å². The van der Waals surface area contributed by atoms with Crippen LogP contribution in [0.5, 0.6) is 5.75 Å². The van der Waals surface area contributed by atoms with Crippen LogP contribution >= 0.6 is 15.9 Å². The van der Waals surface area contributed by atoms with Crippen LogP contribution in [-0.4, -0.2) is 31.2 Å². The molecule has 2 heterocycles. The molecule has 1 fully saturated rings. The number of halogens is 1. The van der Waals surface area contributed by atoms with E-state index in [1.54, 1.807) is 10.8 Å². The first-order chi connectivity index (χ1) is 9.20. The van der Waals surface area contributed by atoms with Crippen molar-refractivity contribution >= 4 is 15.9 Å². The third-order valence-electron chi connectivity index (χ3n) is 3.04. The predicted octanol–water partition coefficient (Wildman–Crippen LogP) is 2.16. The fourth-order valence-electron chi connectivity index (χ4n) is 1.98. The lowest BCUT2D eigenvalue weighted by Gasteiger charge is -2.22. The van der Waals surface area contributed by atoms with Crippen LogP contribution in [0.25, 0.3) is 0 Å². The summed E-state index contributed by atoms with van der Waals surface area (Å²) in [6.45, 7) is 1.73. The number of ether oxygens (including phenoxy) is 3. The molecule has 0 amide bonds. The van der Waals surface area contributed by atoms with Crippen LogP contribution in [0.1, 0.15) is 19.3 Å². The van der Waals surface area contributed by atoms with Crippen LogP contribution in [0, 0.1) is 0 Å². The largest absolute Gasteiger partial charge is 0.495 e. The zero-order valence-corrected chi connectivity index (χ0v) is 12.5. The molecule has 0 N–H and O–H groups in total. The first kappa shape index (κ1) is 14.6. The van der Waals surface area contributed by atoms with Gasteiger partial charge in [0.15, 0.2) is 6.29 Å². The van der Waals surface area contributed by atoms with E-state index in [0.717, 1.165) is 30.3 Å². The third-order valence-corrected chi connectivity index (χ3v) is 3.63. The molecular weight excluding hydrogens is 314 g/mol. The van der Waals surface area contributed by atoms with E-state index in [9.17, 15) is 4.79 Å². The molecule has 0 bridgehead atoms. The zero-order chi connectivity index (χ0) is 13.7. The first-order valence-corrected chi connectivity index (χ1v) is 7.17. The molecule has 2 rings (SSSR count). The van der Waals surface area contributed by atoms with Gasteiger partial charge in [0.2, 0.25) is 0 Å². The summed E-state index contributed by atoms with van der Waals surface area (Å²) in [7, 11) is 1.54. The Hall–Kier alpha value is -0.850. The normalized spacial score (nSPS) is 19.4. The Labute approximate surface area is 120 Å². The summed E-state index contributed by atoms with van der Waals surface area (Å²) in [6.07, 6.45) is 4.77. The molecule has 1 atom stereocenters. The van der Waals surface area contributed by atoms with Gasteiger partial charge in [-0.15, -0.1) is 0 Å². The predicted molar refractivity (Wildman–Crippen MR) is 74.5 cm³/mol. The number of nitrogens with zero attached hydrogens (tertiary/aromatic N) is 1. The van der Waals surface area contributed by atoms with Gasteiger partial charge in [0.25, 0.3) is 5.56 Å². The van der Waals surface area contributed by atoms with Crippen molar-refractivity contribution in [3.05, 3.63) is 27.1 Å². The Kier molecular flexibility index (Phi) is 5.42. The molecule has 1 aliphatic heterocycles. The lowest BCUT2D eigenvalue weighted by molar-refractivity contribution is -0.163. The second kappa shape index (κ2) is 7.07. The quantitative estimate of drug-likeness (QED) is 0.829. The molecule has 5 nitrogen and oxygen atoms in total. The summed E-state index contributed by atoms with van der Waals surface area (Å²) < 4.78 is 18.5. The minimum Gasteiger partial charge on any atom is -0.495 e. The van der Waals surface area contributed by atoms with E-state index in [-0.39, 0.29) is 11.8 Å². The van der Waals surface area contributed by atoms with E-state index >= 15 is 0 Å². The first-order valence-electron chi connectivity index (χ1n) is 6.38. The lowest BCUT2D eigenvalue weighted by Crippen LogP contribution is -2.26. The van der Waals surface area contributed by atoms with Gasteiger partial charge in [0.1, 0.15) is 5.75 Å². The Balaban J connectivity index is 1.88. The second-order valence-corrected chi connectivity index (χ2v) is 5.24. The van der Waals surface area contributed by atoms with Gasteiger partial charge >= 0.3 is 0 Å². The lowest BCUT2D eigenvalue weighted by atomic mass is 10.2. The minimum absolute atomic E-state index is 0.104. The van der Waals surface area contributed by atoms with Crippen LogP contribution in [-0.2, 0) is 16.0 Å². The fourth-order valence-corrected chi connectivity index (χ4v) is 2.51.